The average Bonchev–Trinajstić information content (AvgIpc) is 2.96. The number of rotatable bonds is 3. The van der Waals surface area contributed by atoms with Gasteiger partial charge >= 0.3 is 18.0 Å². The molecule has 8 nitrogen and oxygen atoms in total. The highest BCUT2D eigenvalue weighted by Crippen LogP contribution is 2.24. The minimum Gasteiger partial charge on any atom is -0.480 e. The first-order chi connectivity index (χ1) is 10.00. The van der Waals surface area contributed by atoms with Gasteiger partial charge in [0.05, 0.1) is 7.11 Å². The van der Waals surface area contributed by atoms with E-state index in [1.807, 2.05) is 0 Å². The number of methoxy groups -OCH3 is 1. The number of urea groups is 1. The molecule has 0 aliphatic carbocycles. The van der Waals surface area contributed by atoms with E-state index >= 15 is 0 Å². The second-order valence-electron chi connectivity index (χ2n) is 5.30. The van der Waals surface area contributed by atoms with Crippen molar-refractivity contribution < 1.29 is 29.0 Å². The lowest BCUT2D eigenvalue weighted by atomic mass is 9.90. The van der Waals surface area contributed by atoms with Crippen LogP contribution in [0.3, 0.4) is 0 Å². The first-order valence-corrected chi connectivity index (χ1v) is 6.98. The Bertz CT molecular complexity index is 432. The van der Waals surface area contributed by atoms with Crippen LogP contribution in [0.15, 0.2) is 0 Å². The van der Waals surface area contributed by atoms with E-state index in [0.29, 0.717) is 19.4 Å². The molecule has 118 valence electrons. The molecule has 0 aromatic carbocycles. The predicted molar refractivity (Wildman–Crippen MR) is 70.7 cm³/mol. The second-order valence-corrected chi connectivity index (χ2v) is 5.30. The number of nitrogens with one attached hydrogen (secondary N) is 1. The van der Waals surface area contributed by atoms with Crippen molar-refractivity contribution in [2.45, 2.75) is 37.3 Å². The lowest BCUT2D eigenvalue weighted by molar-refractivity contribution is -0.148. The zero-order chi connectivity index (χ0) is 15.5. The first kappa shape index (κ1) is 15.6. The van der Waals surface area contributed by atoms with Crippen molar-refractivity contribution in [1.82, 2.24) is 10.2 Å². The van der Waals surface area contributed by atoms with Crippen LogP contribution in [0, 0.1) is 0 Å². The molecule has 2 saturated heterocycles. The molecule has 1 atom stereocenters. The number of hydrogen-bond donors (Lipinski definition) is 2. The average molecular weight is 300 g/mol. The van der Waals surface area contributed by atoms with E-state index in [0.717, 1.165) is 0 Å². The molecule has 2 aliphatic rings. The Morgan fingerprint density at radius 2 is 2.00 bits per heavy atom. The molecule has 2 N–H and O–H groups in total. The largest absolute Gasteiger partial charge is 0.480 e. The van der Waals surface area contributed by atoms with E-state index < -0.39 is 29.6 Å². The molecular formula is C13H20N2O6. The SMILES string of the molecule is COC(=O)C1CCCN1C(=O)NC1(C(=O)O)CCOCC1. The maximum Gasteiger partial charge on any atom is 0.329 e. The third-order valence-corrected chi connectivity index (χ3v) is 4.09. The summed E-state index contributed by atoms with van der Waals surface area (Å²) >= 11 is 0. The van der Waals surface area contributed by atoms with E-state index in [1.165, 1.54) is 12.0 Å². The molecule has 0 bridgehead atoms. The Labute approximate surface area is 122 Å². The molecule has 1 unspecified atom stereocenters. The normalized spacial score (nSPS) is 24.4. The van der Waals surface area contributed by atoms with Gasteiger partial charge in [-0.25, -0.2) is 14.4 Å². The highest BCUT2D eigenvalue weighted by Gasteiger charge is 2.44. The third kappa shape index (κ3) is 3.10. The fourth-order valence-electron chi connectivity index (χ4n) is 2.78. The zero-order valence-electron chi connectivity index (χ0n) is 12.0. The first-order valence-electron chi connectivity index (χ1n) is 6.98. The molecule has 2 heterocycles. The van der Waals surface area contributed by atoms with Gasteiger partial charge in [-0.3, -0.25) is 0 Å². The number of carboxylic acid groups (broad SMARTS) is 1. The van der Waals surface area contributed by atoms with Crippen molar-refractivity contribution in [2.24, 2.45) is 0 Å². The second kappa shape index (κ2) is 6.30. The van der Waals surface area contributed by atoms with Crippen LogP contribution in [0.4, 0.5) is 4.79 Å². The lowest BCUT2D eigenvalue weighted by Crippen LogP contribution is -2.61. The summed E-state index contributed by atoms with van der Waals surface area (Å²) in [6, 6.07) is -1.17. The van der Waals surface area contributed by atoms with Crippen LogP contribution >= 0.6 is 0 Å². The molecule has 2 rings (SSSR count). The van der Waals surface area contributed by atoms with Crippen molar-refractivity contribution >= 4 is 18.0 Å². The Morgan fingerprint density at radius 1 is 1.33 bits per heavy atom. The summed E-state index contributed by atoms with van der Waals surface area (Å²) in [7, 11) is 1.27. The van der Waals surface area contributed by atoms with E-state index in [1.54, 1.807) is 0 Å². The maximum absolute atomic E-state index is 12.4. The Hall–Kier alpha value is -1.83. The Morgan fingerprint density at radius 3 is 2.57 bits per heavy atom. The number of likely N-dealkylation sites (tertiary alicyclic amines) is 1. The molecule has 8 heteroatoms. The molecule has 0 spiro atoms. The summed E-state index contributed by atoms with van der Waals surface area (Å²) in [6.07, 6.45) is 1.65. The number of carboxylic acids is 1. The summed E-state index contributed by atoms with van der Waals surface area (Å²) in [5.74, 6) is -1.55. The molecular weight excluding hydrogens is 280 g/mol. The number of nitrogens with zero attached hydrogens (tertiary/aromatic N) is 1. The minimum absolute atomic E-state index is 0.213. The van der Waals surface area contributed by atoms with Gasteiger partial charge < -0.3 is 24.8 Å². The van der Waals surface area contributed by atoms with E-state index in [9.17, 15) is 19.5 Å². The third-order valence-electron chi connectivity index (χ3n) is 4.09. The summed E-state index contributed by atoms with van der Waals surface area (Å²) in [6.45, 7) is 0.984. The van der Waals surface area contributed by atoms with Gasteiger partial charge in [-0.15, -0.1) is 0 Å². The lowest BCUT2D eigenvalue weighted by Gasteiger charge is -2.36. The van der Waals surface area contributed by atoms with Gasteiger partial charge in [0, 0.05) is 32.6 Å². The minimum atomic E-state index is -1.32. The van der Waals surface area contributed by atoms with Gasteiger partial charge in [-0.2, -0.15) is 0 Å². The molecule has 0 saturated carbocycles. The topological polar surface area (TPSA) is 105 Å². The van der Waals surface area contributed by atoms with Crippen LogP contribution in [0.1, 0.15) is 25.7 Å². The summed E-state index contributed by atoms with van der Waals surface area (Å²) in [4.78, 5) is 36.9. The van der Waals surface area contributed by atoms with Gasteiger partial charge in [-0.05, 0) is 12.8 Å². The van der Waals surface area contributed by atoms with Gasteiger partial charge in [0.2, 0.25) is 0 Å². The standard InChI is InChI=1S/C13H20N2O6/c1-20-10(16)9-3-2-6-15(9)12(19)14-13(11(17)18)4-7-21-8-5-13/h9H,2-8H2,1H3,(H,14,19)(H,17,18). The molecule has 2 aliphatic heterocycles. The molecule has 0 aromatic heterocycles. The number of carbonyl (C=O) groups is 3. The van der Waals surface area contributed by atoms with E-state index in [4.69, 9.17) is 4.74 Å². The smallest absolute Gasteiger partial charge is 0.329 e. The van der Waals surface area contributed by atoms with Crippen molar-refractivity contribution in [3.8, 4) is 0 Å². The number of carbonyl (C=O) groups excluding carboxylic acids is 2. The van der Waals surface area contributed by atoms with Gasteiger partial charge in [0.15, 0.2) is 0 Å². The van der Waals surface area contributed by atoms with Gasteiger partial charge in [0.25, 0.3) is 0 Å². The summed E-state index contributed by atoms with van der Waals surface area (Å²) in [5.41, 5.74) is -1.32. The van der Waals surface area contributed by atoms with Gasteiger partial charge in [0.1, 0.15) is 11.6 Å². The maximum atomic E-state index is 12.4. The predicted octanol–water partition coefficient (Wildman–Crippen LogP) is -0.0328. The van der Waals surface area contributed by atoms with E-state index in [-0.39, 0.29) is 26.1 Å². The Kier molecular flexibility index (Phi) is 4.66. The summed E-state index contributed by atoms with van der Waals surface area (Å²) < 4.78 is 9.84. The molecule has 0 aromatic rings. The number of amides is 2. The fourth-order valence-corrected chi connectivity index (χ4v) is 2.78. The number of hydrogen-bond acceptors (Lipinski definition) is 5. The van der Waals surface area contributed by atoms with Gasteiger partial charge in [-0.1, -0.05) is 0 Å². The Balaban J connectivity index is 2.08. The molecule has 2 amide bonds. The molecule has 2 fully saturated rings. The number of ether oxygens (including phenoxy) is 2. The van der Waals surface area contributed by atoms with Crippen molar-refractivity contribution in [2.75, 3.05) is 26.9 Å². The van der Waals surface area contributed by atoms with Crippen molar-refractivity contribution in [3.05, 3.63) is 0 Å². The number of esters is 1. The quantitative estimate of drug-likeness (QED) is 0.709. The summed E-state index contributed by atoms with van der Waals surface area (Å²) in [5, 5.41) is 12.0. The monoisotopic (exact) mass is 300 g/mol. The van der Waals surface area contributed by atoms with Crippen LogP contribution in [0.2, 0.25) is 0 Å². The van der Waals surface area contributed by atoms with Crippen LogP contribution < -0.4 is 5.32 Å². The fraction of sp³-hybridized carbons (Fsp3) is 0.769. The van der Waals surface area contributed by atoms with Crippen LogP contribution in [-0.2, 0) is 19.1 Å². The van der Waals surface area contributed by atoms with Crippen LogP contribution in [-0.4, -0.2) is 66.4 Å². The van der Waals surface area contributed by atoms with Crippen LogP contribution in [0.5, 0.6) is 0 Å². The molecule has 21 heavy (non-hydrogen) atoms. The highest BCUT2D eigenvalue weighted by atomic mass is 16.5. The number of aliphatic carboxylic acids is 1. The molecule has 0 radical (unpaired) electrons. The van der Waals surface area contributed by atoms with E-state index in [2.05, 4.69) is 10.1 Å². The van der Waals surface area contributed by atoms with Crippen LogP contribution in [0.25, 0.3) is 0 Å². The van der Waals surface area contributed by atoms with Crippen molar-refractivity contribution in [3.63, 3.8) is 0 Å². The van der Waals surface area contributed by atoms with Crippen molar-refractivity contribution in [1.29, 1.82) is 0 Å². The zero-order valence-corrected chi connectivity index (χ0v) is 12.0. The highest BCUT2D eigenvalue weighted by molar-refractivity contribution is 5.89.